The Morgan fingerprint density at radius 1 is 0.246 bits per heavy atom. The molecule has 11 aromatic carbocycles. The molecule has 1 nitrogen and oxygen atoms in total. The van der Waals surface area contributed by atoms with E-state index in [9.17, 15) is 0 Å². The van der Waals surface area contributed by atoms with E-state index >= 15 is 0 Å². The van der Waals surface area contributed by atoms with Crippen LogP contribution in [-0.4, -0.2) is 0 Å². The summed E-state index contributed by atoms with van der Waals surface area (Å²) in [6, 6.07) is 75.3. The van der Waals surface area contributed by atoms with Crippen LogP contribution in [0.4, 0.5) is 0 Å². The second-order valence-electron chi connectivity index (χ2n) is 15.1. The average molecular weight is 723 g/mol. The highest BCUT2D eigenvalue weighted by atomic mass is 16.3. The molecule has 0 bridgehead atoms. The van der Waals surface area contributed by atoms with Gasteiger partial charge in [-0.25, -0.2) is 0 Å². The van der Waals surface area contributed by atoms with Crippen molar-refractivity contribution in [3.63, 3.8) is 0 Å². The number of rotatable bonds is 4. The van der Waals surface area contributed by atoms with Gasteiger partial charge < -0.3 is 4.42 Å². The fraction of sp³-hybridized carbons (Fsp3) is 0. The summed E-state index contributed by atoms with van der Waals surface area (Å²) in [6.45, 7) is 0. The van der Waals surface area contributed by atoms with Crippen molar-refractivity contribution in [2.75, 3.05) is 0 Å². The molecule has 57 heavy (non-hydrogen) atoms. The zero-order valence-electron chi connectivity index (χ0n) is 31.0. The number of fused-ring (bicyclic) bond motifs is 10. The largest absolute Gasteiger partial charge is 0.455 e. The monoisotopic (exact) mass is 722 g/mol. The van der Waals surface area contributed by atoms with E-state index in [1.807, 2.05) is 0 Å². The van der Waals surface area contributed by atoms with Crippen LogP contribution in [0.1, 0.15) is 0 Å². The van der Waals surface area contributed by atoms with Gasteiger partial charge in [-0.3, -0.25) is 0 Å². The lowest BCUT2D eigenvalue weighted by atomic mass is 9.85. The number of furan rings is 1. The summed E-state index contributed by atoms with van der Waals surface area (Å²) in [7, 11) is 0. The Morgan fingerprint density at radius 2 is 0.754 bits per heavy atom. The average Bonchev–Trinajstić information content (AvgIpc) is 3.66. The number of benzene rings is 11. The van der Waals surface area contributed by atoms with Gasteiger partial charge in [0.05, 0.1) is 0 Å². The Bertz CT molecular complexity index is 3510. The molecular formula is C56H34O. The molecule has 1 heteroatoms. The molecule has 0 unspecified atom stereocenters. The van der Waals surface area contributed by atoms with Crippen LogP contribution in [0, 0.1) is 0 Å². The van der Waals surface area contributed by atoms with Gasteiger partial charge in [-0.1, -0.05) is 182 Å². The van der Waals surface area contributed by atoms with Gasteiger partial charge in [0.1, 0.15) is 11.2 Å². The lowest BCUT2D eigenvalue weighted by Gasteiger charge is -2.18. The molecule has 264 valence electrons. The van der Waals surface area contributed by atoms with Gasteiger partial charge in [-0.05, 0) is 117 Å². The third kappa shape index (κ3) is 4.89. The predicted molar refractivity (Wildman–Crippen MR) is 243 cm³/mol. The maximum Gasteiger partial charge on any atom is 0.143 e. The molecule has 0 N–H and O–H groups in total. The first-order valence-corrected chi connectivity index (χ1v) is 19.7. The van der Waals surface area contributed by atoms with Crippen molar-refractivity contribution in [1.82, 2.24) is 0 Å². The van der Waals surface area contributed by atoms with E-state index in [1.165, 1.54) is 93.0 Å². The smallest absolute Gasteiger partial charge is 0.143 e. The second-order valence-corrected chi connectivity index (χ2v) is 15.1. The summed E-state index contributed by atoms with van der Waals surface area (Å²) >= 11 is 0. The molecule has 0 radical (unpaired) electrons. The van der Waals surface area contributed by atoms with Gasteiger partial charge in [0.2, 0.25) is 0 Å². The third-order valence-electron chi connectivity index (χ3n) is 12.1. The molecule has 12 rings (SSSR count). The Balaban J connectivity index is 1.02. The molecule has 0 aliphatic carbocycles. The zero-order valence-corrected chi connectivity index (χ0v) is 31.0. The fourth-order valence-corrected chi connectivity index (χ4v) is 9.47. The van der Waals surface area contributed by atoms with E-state index in [2.05, 4.69) is 206 Å². The quantitative estimate of drug-likeness (QED) is 0.130. The minimum absolute atomic E-state index is 0.908. The van der Waals surface area contributed by atoms with Crippen LogP contribution in [0.25, 0.3) is 120 Å². The minimum atomic E-state index is 0.908. The van der Waals surface area contributed by atoms with Gasteiger partial charge in [0, 0.05) is 16.2 Å². The molecule has 0 fully saturated rings. The molecule has 0 spiro atoms. The molecule has 1 heterocycles. The van der Waals surface area contributed by atoms with E-state index in [4.69, 9.17) is 4.42 Å². The molecule has 0 saturated heterocycles. The minimum Gasteiger partial charge on any atom is -0.455 e. The van der Waals surface area contributed by atoms with E-state index < -0.39 is 0 Å². The van der Waals surface area contributed by atoms with Gasteiger partial charge >= 0.3 is 0 Å². The molecule has 0 saturated carbocycles. The molecule has 0 amide bonds. The topological polar surface area (TPSA) is 13.1 Å². The van der Waals surface area contributed by atoms with E-state index in [0.29, 0.717) is 0 Å². The first kappa shape index (κ1) is 31.8. The standard InChI is InChI=1S/C56H34O/c1-4-17-42-35(13-1)29-31-50-52-34-39(30-32-53(52)57-56(42)50)55-48-23-11-9-21-46(48)54(47-22-10-12-24-49(47)55)37-27-25-36(26-28-37)40-15-5-6-19-44(40)51-33-38-14-2-3-16-41(38)43-18-7-8-20-45(43)51/h1-34H. The first-order valence-electron chi connectivity index (χ1n) is 19.7. The van der Waals surface area contributed by atoms with Crippen molar-refractivity contribution >= 4 is 75.8 Å². The zero-order chi connectivity index (χ0) is 37.5. The summed E-state index contributed by atoms with van der Waals surface area (Å²) in [6.07, 6.45) is 0. The van der Waals surface area contributed by atoms with Gasteiger partial charge in [-0.2, -0.15) is 0 Å². The van der Waals surface area contributed by atoms with E-state index in [-0.39, 0.29) is 0 Å². The first-order chi connectivity index (χ1) is 28.3. The molecule has 0 atom stereocenters. The lowest BCUT2D eigenvalue weighted by Crippen LogP contribution is -1.91. The van der Waals surface area contributed by atoms with Crippen LogP contribution in [-0.2, 0) is 0 Å². The normalized spacial score (nSPS) is 11.9. The van der Waals surface area contributed by atoms with E-state index in [0.717, 1.165) is 27.3 Å². The highest BCUT2D eigenvalue weighted by Crippen LogP contribution is 2.46. The fourth-order valence-electron chi connectivity index (χ4n) is 9.47. The summed E-state index contributed by atoms with van der Waals surface area (Å²) in [5.74, 6) is 0. The molecule has 1 aromatic heterocycles. The molecular weight excluding hydrogens is 689 g/mol. The Kier molecular flexibility index (Phi) is 7.00. The Hall–Kier alpha value is -7.48. The van der Waals surface area contributed by atoms with Crippen LogP contribution in [0.15, 0.2) is 211 Å². The van der Waals surface area contributed by atoms with Crippen LogP contribution in [0.5, 0.6) is 0 Å². The molecule has 0 aliphatic rings. The number of hydrogen-bond donors (Lipinski definition) is 0. The van der Waals surface area contributed by atoms with Crippen molar-refractivity contribution in [2.45, 2.75) is 0 Å². The summed E-state index contributed by atoms with van der Waals surface area (Å²) < 4.78 is 6.52. The SMILES string of the molecule is c1ccc(-c2cc3ccccc3c3ccccc23)c(-c2ccc(-c3c4ccccc4c(-c4ccc5oc6c7ccccc7ccc6c5c4)c4ccccc34)cc2)c1. The van der Waals surface area contributed by atoms with Crippen molar-refractivity contribution in [3.05, 3.63) is 206 Å². The Morgan fingerprint density at radius 3 is 1.46 bits per heavy atom. The summed E-state index contributed by atoms with van der Waals surface area (Å²) in [5, 5.41) is 14.7. The van der Waals surface area contributed by atoms with Crippen LogP contribution < -0.4 is 0 Å². The lowest BCUT2D eigenvalue weighted by molar-refractivity contribution is 0.672. The maximum atomic E-state index is 6.52. The van der Waals surface area contributed by atoms with E-state index in [1.54, 1.807) is 0 Å². The molecule has 0 aliphatic heterocycles. The second kappa shape index (κ2) is 12.5. The predicted octanol–water partition coefficient (Wildman–Crippen LogP) is 16.0. The highest BCUT2D eigenvalue weighted by Gasteiger charge is 2.19. The van der Waals surface area contributed by atoms with Gasteiger partial charge in [0.15, 0.2) is 0 Å². The van der Waals surface area contributed by atoms with Crippen molar-refractivity contribution in [1.29, 1.82) is 0 Å². The Labute approximate surface area is 329 Å². The number of hydrogen-bond acceptors (Lipinski definition) is 1. The van der Waals surface area contributed by atoms with Crippen molar-refractivity contribution < 1.29 is 4.42 Å². The van der Waals surface area contributed by atoms with Gasteiger partial charge in [0.25, 0.3) is 0 Å². The summed E-state index contributed by atoms with van der Waals surface area (Å²) in [5.41, 5.74) is 11.7. The van der Waals surface area contributed by atoms with Crippen molar-refractivity contribution in [3.8, 4) is 44.5 Å². The summed E-state index contributed by atoms with van der Waals surface area (Å²) in [4.78, 5) is 0. The van der Waals surface area contributed by atoms with Gasteiger partial charge in [-0.15, -0.1) is 0 Å². The van der Waals surface area contributed by atoms with Crippen LogP contribution in [0.3, 0.4) is 0 Å². The third-order valence-corrected chi connectivity index (χ3v) is 12.1. The maximum absolute atomic E-state index is 6.52. The van der Waals surface area contributed by atoms with Crippen molar-refractivity contribution in [2.24, 2.45) is 0 Å². The van der Waals surface area contributed by atoms with Crippen LogP contribution in [0.2, 0.25) is 0 Å². The highest BCUT2D eigenvalue weighted by molar-refractivity contribution is 6.23. The van der Waals surface area contributed by atoms with Crippen LogP contribution >= 0.6 is 0 Å². The molecule has 12 aromatic rings.